The summed E-state index contributed by atoms with van der Waals surface area (Å²) >= 11 is 0. The number of aromatic amines is 2. The third-order valence-electron chi connectivity index (χ3n) is 2.98. The smallest absolute Gasteiger partial charge is 0.332 e. The van der Waals surface area contributed by atoms with Gasteiger partial charge < -0.3 is 10.3 Å². The second-order valence-electron chi connectivity index (χ2n) is 4.28. The summed E-state index contributed by atoms with van der Waals surface area (Å²) in [5.41, 5.74) is -0.257. The van der Waals surface area contributed by atoms with Crippen LogP contribution in [0, 0.1) is 0 Å². The van der Waals surface area contributed by atoms with Crippen molar-refractivity contribution in [2.45, 2.75) is 6.54 Å². The molecule has 0 fully saturated rings. The minimum atomic E-state index is -0.421. The molecule has 0 amide bonds. The minimum Gasteiger partial charge on any atom is -0.348 e. The molecule has 0 spiro atoms. The van der Waals surface area contributed by atoms with E-state index in [0.717, 1.165) is 4.57 Å². The highest BCUT2D eigenvalue weighted by Crippen LogP contribution is 2.08. The van der Waals surface area contributed by atoms with Crippen LogP contribution in [-0.2, 0) is 20.6 Å². The van der Waals surface area contributed by atoms with Crippen LogP contribution in [0.2, 0.25) is 0 Å². The van der Waals surface area contributed by atoms with Crippen LogP contribution >= 0.6 is 0 Å². The van der Waals surface area contributed by atoms with E-state index in [0.29, 0.717) is 24.0 Å². The van der Waals surface area contributed by atoms with Crippen molar-refractivity contribution in [1.29, 1.82) is 0 Å². The average Bonchev–Trinajstić information content (AvgIpc) is 3.09. The van der Waals surface area contributed by atoms with Crippen LogP contribution < -0.4 is 16.6 Å². The molecular weight excluding hydrogens is 264 g/mol. The van der Waals surface area contributed by atoms with Crippen molar-refractivity contribution < 1.29 is 0 Å². The van der Waals surface area contributed by atoms with Gasteiger partial charge in [-0.05, 0) is 0 Å². The maximum Gasteiger partial charge on any atom is 0.332 e. The van der Waals surface area contributed by atoms with Crippen molar-refractivity contribution >= 4 is 17.1 Å². The van der Waals surface area contributed by atoms with E-state index in [9.17, 15) is 9.59 Å². The summed E-state index contributed by atoms with van der Waals surface area (Å²) < 4.78 is 2.34. The molecule has 0 aliphatic carbocycles. The predicted molar refractivity (Wildman–Crippen MR) is 70.3 cm³/mol. The lowest BCUT2D eigenvalue weighted by Crippen LogP contribution is -2.36. The maximum absolute atomic E-state index is 12.0. The van der Waals surface area contributed by atoms with Gasteiger partial charge >= 0.3 is 5.69 Å². The number of H-pyrrole nitrogens is 2. The van der Waals surface area contributed by atoms with Crippen LogP contribution in [0.3, 0.4) is 0 Å². The molecule has 0 saturated carbocycles. The van der Waals surface area contributed by atoms with Gasteiger partial charge in [-0.15, -0.1) is 0 Å². The van der Waals surface area contributed by atoms with Crippen molar-refractivity contribution in [3.8, 4) is 0 Å². The Morgan fingerprint density at radius 1 is 1.30 bits per heavy atom. The average molecular weight is 276 g/mol. The summed E-state index contributed by atoms with van der Waals surface area (Å²) in [5, 5.41) is 9.38. The second-order valence-corrected chi connectivity index (χ2v) is 4.28. The van der Waals surface area contributed by atoms with Gasteiger partial charge in [0.15, 0.2) is 11.2 Å². The molecule has 3 heterocycles. The minimum absolute atomic E-state index is 0.273. The summed E-state index contributed by atoms with van der Waals surface area (Å²) in [6.07, 6.45) is 1.40. The van der Waals surface area contributed by atoms with Crippen LogP contribution in [0.5, 0.6) is 0 Å². The van der Waals surface area contributed by atoms with E-state index in [1.165, 1.54) is 17.9 Å². The largest absolute Gasteiger partial charge is 0.348 e. The standard InChI is InChI=1S/C10H12N8O2/c1-17-7-6(8(19)18(2)10(17)20)14-9(15-7)11-3-5-12-4-13-16-5/h4H,3H2,1-2H3,(H2,11,14,15)(H,12,13,16). The Bertz CT molecular complexity index is 869. The van der Waals surface area contributed by atoms with Gasteiger partial charge in [-0.25, -0.2) is 9.78 Å². The van der Waals surface area contributed by atoms with Crippen molar-refractivity contribution in [1.82, 2.24) is 34.3 Å². The number of fused-ring (bicyclic) bond motifs is 1. The Morgan fingerprint density at radius 3 is 2.80 bits per heavy atom. The van der Waals surface area contributed by atoms with Gasteiger partial charge in [0.2, 0.25) is 5.95 Å². The van der Waals surface area contributed by atoms with E-state index < -0.39 is 11.2 Å². The molecule has 104 valence electrons. The van der Waals surface area contributed by atoms with Crippen molar-refractivity contribution in [3.05, 3.63) is 33.0 Å². The highest BCUT2D eigenvalue weighted by atomic mass is 16.2. The van der Waals surface area contributed by atoms with Crippen LogP contribution in [0.25, 0.3) is 11.2 Å². The molecule has 0 aliphatic rings. The van der Waals surface area contributed by atoms with Crippen LogP contribution in [0.1, 0.15) is 5.82 Å². The summed E-state index contributed by atoms with van der Waals surface area (Å²) in [6.45, 7) is 0.369. The van der Waals surface area contributed by atoms with Gasteiger partial charge in [0.25, 0.3) is 5.56 Å². The summed E-state index contributed by atoms with van der Waals surface area (Å²) in [7, 11) is 2.98. The number of nitrogens with zero attached hydrogens (tertiary/aromatic N) is 5. The first-order valence-corrected chi connectivity index (χ1v) is 5.82. The number of hydrogen-bond acceptors (Lipinski definition) is 6. The maximum atomic E-state index is 12.0. The van der Waals surface area contributed by atoms with Gasteiger partial charge in [0, 0.05) is 14.1 Å². The first kappa shape index (κ1) is 12.1. The molecule has 3 aromatic heterocycles. The molecule has 0 saturated heterocycles. The molecular formula is C10H12N8O2. The molecule has 10 heteroatoms. The molecule has 3 aromatic rings. The van der Waals surface area contributed by atoms with Crippen molar-refractivity contribution in [3.63, 3.8) is 0 Å². The number of hydrogen-bond donors (Lipinski definition) is 3. The van der Waals surface area contributed by atoms with E-state index in [1.54, 1.807) is 7.05 Å². The fourth-order valence-electron chi connectivity index (χ4n) is 1.89. The Kier molecular flexibility index (Phi) is 2.63. The van der Waals surface area contributed by atoms with Crippen LogP contribution in [-0.4, -0.2) is 34.3 Å². The van der Waals surface area contributed by atoms with E-state index in [1.807, 2.05) is 0 Å². The van der Waals surface area contributed by atoms with Crippen LogP contribution in [0.4, 0.5) is 5.95 Å². The highest BCUT2D eigenvalue weighted by Gasteiger charge is 2.13. The number of rotatable bonds is 3. The summed E-state index contributed by atoms with van der Waals surface area (Å²) in [4.78, 5) is 34.8. The van der Waals surface area contributed by atoms with Gasteiger partial charge in [0.05, 0.1) is 6.54 Å². The number of aryl methyl sites for hydroxylation is 1. The molecule has 0 unspecified atom stereocenters. The number of anilines is 1. The lowest BCUT2D eigenvalue weighted by molar-refractivity contribution is 0.709. The van der Waals surface area contributed by atoms with Gasteiger partial charge in [-0.2, -0.15) is 10.1 Å². The topological polar surface area (TPSA) is 126 Å². The fraction of sp³-hybridized carbons (Fsp3) is 0.300. The summed E-state index contributed by atoms with van der Waals surface area (Å²) in [6, 6.07) is 0. The van der Waals surface area contributed by atoms with Crippen molar-refractivity contribution in [2.75, 3.05) is 5.32 Å². The SMILES string of the molecule is Cn1c(=O)c2[nH]c(NCc3ncn[nH]3)nc2n(C)c1=O. The zero-order valence-electron chi connectivity index (χ0n) is 10.8. The zero-order chi connectivity index (χ0) is 14.3. The third-order valence-corrected chi connectivity index (χ3v) is 2.98. The zero-order valence-corrected chi connectivity index (χ0v) is 10.8. The van der Waals surface area contributed by atoms with E-state index in [4.69, 9.17) is 0 Å². The molecule has 0 bridgehead atoms. The third kappa shape index (κ3) is 1.77. The monoisotopic (exact) mass is 276 g/mol. The molecule has 0 aliphatic heterocycles. The molecule has 0 radical (unpaired) electrons. The number of nitrogens with one attached hydrogen (secondary N) is 3. The highest BCUT2D eigenvalue weighted by molar-refractivity contribution is 5.72. The normalized spacial score (nSPS) is 11.1. The summed E-state index contributed by atoms with van der Waals surface area (Å²) in [5.74, 6) is 1.02. The Morgan fingerprint density at radius 2 is 2.10 bits per heavy atom. The lowest BCUT2D eigenvalue weighted by atomic mass is 10.5. The predicted octanol–water partition coefficient (Wildman–Crippen LogP) is -1.31. The Balaban J connectivity index is 2.03. The van der Waals surface area contributed by atoms with E-state index in [-0.39, 0.29) is 5.52 Å². The van der Waals surface area contributed by atoms with Crippen molar-refractivity contribution in [2.24, 2.45) is 14.1 Å². The molecule has 20 heavy (non-hydrogen) atoms. The first-order chi connectivity index (χ1) is 9.58. The molecule has 10 nitrogen and oxygen atoms in total. The second kappa shape index (κ2) is 4.33. The van der Waals surface area contributed by atoms with Crippen LogP contribution in [0.15, 0.2) is 15.9 Å². The van der Waals surface area contributed by atoms with Gasteiger partial charge in [0.1, 0.15) is 12.2 Å². The van der Waals surface area contributed by atoms with E-state index >= 15 is 0 Å². The molecule has 3 rings (SSSR count). The van der Waals surface area contributed by atoms with E-state index in [2.05, 4.69) is 30.5 Å². The fourth-order valence-corrected chi connectivity index (χ4v) is 1.89. The van der Waals surface area contributed by atoms with Gasteiger partial charge in [-0.3, -0.25) is 19.0 Å². The molecule has 3 N–H and O–H groups in total. The number of aromatic nitrogens is 7. The van der Waals surface area contributed by atoms with Gasteiger partial charge in [-0.1, -0.05) is 0 Å². The lowest BCUT2D eigenvalue weighted by Gasteiger charge is -2.00. The Hall–Kier alpha value is -2.91. The number of imidazole rings is 1. The quantitative estimate of drug-likeness (QED) is 0.545. The first-order valence-electron chi connectivity index (χ1n) is 5.82. The molecule has 0 aromatic carbocycles. The molecule has 0 atom stereocenters. The Labute approximate surface area is 111 Å².